The third-order valence-corrected chi connectivity index (χ3v) is 4.99. The zero-order chi connectivity index (χ0) is 14.7. The van der Waals surface area contributed by atoms with E-state index in [9.17, 15) is 5.11 Å². The average Bonchev–Trinajstić information content (AvgIpc) is 2.83. The van der Waals surface area contributed by atoms with Gasteiger partial charge in [0.15, 0.2) is 5.82 Å². The van der Waals surface area contributed by atoms with E-state index in [1.54, 1.807) is 12.4 Å². The van der Waals surface area contributed by atoms with E-state index in [0.717, 1.165) is 36.5 Å². The fourth-order valence-electron chi connectivity index (χ4n) is 4.07. The van der Waals surface area contributed by atoms with Crippen LogP contribution >= 0.6 is 0 Å². The Hall–Kier alpha value is -1.75. The zero-order valence-corrected chi connectivity index (χ0v) is 12.5. The largest absolute Gasteiger partial charge is 0.396 e. The van der Waals surface area contributed by atoms with E-state index in [4.69, 9.17) is 10.1 Å². The molecule has 1 N–H and O–H groups in total. The minimum atomic E-state index is 0.153. The van der Waals surface area contributed by atoms with Crippen molar-refractivity contribution in [3.8, 4) is 11.4 Å². The molecule has 2 aromatic heterocycles. The first kappa shape index (κ1) is 13.0. The van der Waals surface area contributed by atoms with Crippen molar-refractivity contribution in [2.24, 2.45) is 5.41 Å². The van der Waals surface area contributed by atoms with Gasteiger partial charge < -0.3 is 5.11 Å². The highest BCUT2D eigenvalue weighted by atomic mass is 16.3. The number of pyridine rings is 1. The van der Waals surface area contributed by atoms with Gasteiger partial charge in [0, 0.05) is 36.0 Å². The molecule has 5 rings (SSSR count). The molecule has 2 aromatic rings. The number of hydrogen-bond acceptors (Lipinski definition) is 4. The quantitative estimate of drug-likeness (QED) is 0.936. The number of aromatic nitrogens is 4. The van der Waals surface area contributed by atoms with Crippen molar-refractivity contribution in [2.75, 3.05) is 6.61 Å². The lowest BCUT2D eigenvalue weighted by Crippen LogP contribution is -2.67. The Morgan fingerprint density at radius 2 is 2.10 bits per heavy atom. The van der Waals surface area contributed by atoms with Crippen LogP contribution in [0, 0.1) is 5.41 Å². The molecule has 0 aliphatic heterocycles. The number of hydrogen-bond donors (Lipinski definition) is 1. The predicted octanol–water partition coefficient (Wildman–Crippen LogP) is 2.33. The van der Waals surface area contributed by atoms with Gasteiger partial charge in [-0.1, -0.05) is 0 Å². The van der Waals surface area contributed by atoms with Crippen molar-refractivity contribution in [3.63, 3.8) is 0 Å². The molecular formula is C16H20N4O. The smallest absolute Gasteiger partial charge is 0.182 e. The second kappa shape index (κ2) is 4.13. The highest BCUT2D eigenvalue weighted by molar-refractivity contribution is 5.53. The third kappa shape index (κ3) is 1.70. The molecule has 0 unspecified atom stereocenters. The maximum Gasteiger partial charge on any atom is 0.182 e. The summed E-state index contributed by atoms with van der Waals surface area (Å²) in [5.74, 6) is 1.85. The summed E-state index contributed by atoms with van der Waals surface area (Å²) in [5.41, 5.74) is 1.30. The standard InChI is InChI=1S/C16H20N4O/c1-11(2)20-14(16-7-15(8-16,9-16)10-21)18-13(19-20)12-4-3-5-17-6-12/h3-6,11,21H,7-10H2,1-2H3. The first-order chi connectivity index (χ1) is 10.1. The van der Waals surface area contributed by atoms with Crippen LogP contribution in [-0.2, 0) is 5.41 Å². The molecule has 3 fully saturated rings. The topological polar surface area (TPSA) is 63.8 Å². The summed E-state index contributed by atoms with van der Waals surface area (Å²) in [6.45, 7) is 4.58. The second-order valence-electron chi connectivity index (χ2n) is 7.01. The zero-order valence-electron chi connectivity index (χ0n) is 12.5. The highest BCUT2D eigenvalue weighted by Crippen LogP contribution is 2.73. The average molecular weight is 284 g/mol. The lowest BCUT2D eigenvalue weighted by Gasteiger charge is -2.69. The van der Waals surface area contributed by atoms with Crippen LogP contribution in [0.25, 0.3) is 11.4 Å². The van der Waals surface area contributed by atoms with Gasteiger partial charge in [-0.05, 0) is 50.7 Å². The van der Waals surface area contributed by atoms with E-state index >= 15 is 0 Å². The number of aliphatic hydroxyl groups excluding tert-OH is 1. The van der Waals surface area contributed by atoms with Crippen LogP contribution in [0.4, 0.5) is 0 Å². The molecule has 3 aliphatic rings. The predicted molar refractivity (Wildman–Crippen MR) is 78.7 cm³/mol. The molecule has 0 atom stereocenters. The highest BCUT2D eigenvalue weighted by Gasteiger charge is 2.70. The second-order valence-corrected chi connectivity index (χ2v) is 7.01. The van der Waals surface area contributed by atoms with Crippen LogP contribution in [0.15, 0.2) is 24.5 Å². The van der Waals surface area contributed by atoms with Gasteiger partial charge in [0.1, 0.15) is 5.82 Å². The summed E-state index contributed by atoms with van der Waals surface area (Å²) in [6.07, 6.45) is 6.72. The van der Waals surface area contributed by atoms with E-state index in [-0.39, 0.29) is 16.9 Å². The first-order valence-corrected chi connectivity index (χ1v) is 7.56. The number of nitrogens with zero attached hydrogens (tertiary/aromatic N) is 4. The van der Waals surface area contributed by atoms with Gasteiger partial charge in [-0.15, -0.1) is 0 Å². The first-order valence-electron chi connectivity index (χ1n) is 7.56. The van der Waals surface area contributed by atoms with Crippen LogP contribution < -0.4 is 0 Å². The van der Waals surface area contributed by atoms with E-state index in [0.29, 0.717) is 6.61 Å². The van der Waals surface area contributed by atoms with Crippen molar-refractivity contribution in [3.05, 3.63) is 30.4 Å². The Labute approximate surface area is 124 Å². The lowest BCUT2D eigenvalue weighted by atomic mass is 9.35. The molecule has 3 aliphatic carbocycles. The summed E-state index contributed by atoms with van der Waals surface area (Å²) >= 11 is 0. The minimum absolute atomic E-state index is 0.153. The number of rotatable bonds is 4. The number of aliphatic hydroxyl groups is 1. The Bertz CT molecular complexity index is 657. The van der Waals surface area contributed by atoms with E-state index in [1.165, 1.54) is 0 Å². The van der Waals surface area contributed by atoms with Gasteiger partial charge in [0.25, 0.3) is 0 Å². The molecule has 0 amide bonds. The SMILES string of the molecule is CC(C)n1nc(-c2cccnc2)nc1C12CC(CO)(C1)C2. The fraction of sp³-hybridized carbons (Fsp3) is 0.562. The Kier molecular flexibility index (Phi) is 2.55. The van der Waals surface area contributed by atoms with Crippen LogP contribution in [0.2, 0.25) is 0 Å². The van der Waals surface area contributed by atoms with Crippen molar-refractivity contribution in [1.82, 2.24) is 19.7 Å². The monoisotopic (exact) mass is 284 g/mol. The maximum atomic E-state index is 9.46. The van der Waals surface area contributed by atoms with Gasteiger partial charge in [-0.3, -0.25) is 4.98 Å². The van der Waals surface area contributed by atoms with E-state index in [1.807, 2.05) is 12.1 Å². The molecule has 0 aromatic carbocycles. The van der Waals surface area contributed by atoms with Crippen LogP contribution in [0.1, 0.15) is 45.0 Å². The minimum Gasteiger partial charge on any atom is -0.396 e. The lowest BCUT2D eigenvalue weighted by molar-refractivity contribution is -0.173. The van der Waals surface area contributed by atoms with Crippen molar-refractivity contribution >= 4 is 0 Å². The molecule has 21 heavy (non-hydrogen) atoms. The van der Waals surface area contributed by atoms with Gasteiger partial charge in [0.05, 0.1) is 0 Å². The third-order valence-electron chi connectivity index (χ3n) is 4.99. The van der Waals surface area contributed by atoms with Crippen LogP contribution in [-0.4, -0.2) is 31.5 Å². The Morgan fingerprint density at radius 3 is 2.67 bits per heavy atom. The van der Waals surface area contributed by atoms with Crippen molar-refractivity contribution < 1.29 is 5.11 Å². The molecule has 5 heteroatoms. The molecule has 3 saturated carbocycles. The molecule has 2 bridgehead atoms. The molecule has 0 radical (unpaired) electrons. The van der Waals surface area contributed by atoms with Crippen molar-refractivity contribution in [1.29, 1.82) is 0 Å². The summed E-state index contributed by atoms with van der Waals surface area (Å²) in [5, 5.41) is 14.2. The maximum absolute atomic E-state index is 9.46. The summed E-state index contributed by atoms with van der Waals surface area (Å²) < 4.78 is 2.06. The van der Waals surface area contributed by atoms with Gasteiger partial charge in [-0.2, -0.15) is 5.10 Å². The van der Waals surface area contributed by atoms with Gasteiger partial charge >= 0.3 is 0 Å². The van der Waals surface area contributed by atoms with Gasteiger partial charge in [0.2, 0.25) is 0 Å². The fourth-order valence-corrected chi connectivity index (χ4v) is 4.07. The molecule has 2 heterocycles. The molecule has 110 valence electrons. The molecule has 0 spiro atoms. The van der Waals surface area contributed by atoms with E-state index < -0.39 is 0 Å². The van der Waals surface area contributed by atoms with Crippen LogP contribution in [0.5, 0.6) is 0 Å². The molecule has 0 saturated heterocycles. The van der Waals surface area contributed by atoms with Gasteiger partial charge in [-0.25, -0.2) is 9.67 Å². The van der Waals surface area contributed by atoms with Crippen molar-refractivity contribution in [2.45, 2.75) is 44.6 Å². The molecular weight excluding hydrogens is 264 g/mol. The Morgan fingerprint density at radius 1 is 1.33 bits per heavy atom. The molecule has 5 nitrogen and oxygen atoms in total. The summed E-state index contributed by atoms with van der Waals surface area (Å²) in [4.78, 5) is 8.98. The normalized spacial score (nSPS) is 30.1. The van der Waals surface area contributed by atoms with E-state index in [2.05, 4.69) is 23.5 Å². The Balaban J connectivity index is 1.73. The van der Waals surface area contributed by atoms with Crippen LogP contribution in [0.3, 0.4) is 0 Å². The summed E-state index contributed by atoms with van der Waals surface area (Å²) in [7, 11) is 0. The summed E-state index contributed by atoms with van der Waals surface area (Å²) in [6, 6.07) is 4.19.